The molecule has 0 radical (unpaired) electrons. The molecule has 0 spiro atoms. The maximum Gasteiger partial charge on any atom is 0.271 e. The Kier molecular flexibility index (Phi) is 5.51. The molecule has 0 atom stereocenters. The predicted molar refractivity (Wildman–Crippen MR) is 80.5 cm³/mol. The molecule has 0 fully saturated rings. The van der Waals surface area contributed by atoms with Crippen molar-refractivity contribution in [2.75, 3.05) is 25.5 Å². The number of ether oxygens (including phenoxy) is 1. The fourth-order valence-electron chi connectivity index (χ4n) is 1.67. The van der Waals surface area contributed by atoms with E-state index in [4.69, 9.17) is 4.74 Å². The lowest BCUT2D eigenvalue weighted by Gasteiger charge is -2.07. The van der Waals surface area contributed by atoms with E-state index >= 15 is 0 Å². The summed E-state index contributed by atoms with van der Waals surface area (Å²) in [5, 5.41) is 5.63. The van der Waals surface area contributed by atoms with Crippen LogP contribution in [0, 0.1) is 0 Å². The van der Waals surface area contributed by atoms with Gasteiger partial charge in [0.15, 0.2) is 0 Å². The van der Waals surface area contributed by atoms with E-state index in [0.717, 1.165) is 12.2 Å². The Bertz CT molecular complexity index is 575. The number of hydrogen-bond donors (Lipinski definition) is 2. The number of carbonyl (C=O) groups excluding carboxylic acids is 1. The number of hydrogen-bond acceptors (Lipinski definition) is 5. The number of anilines is 1. The first-order valence-corrected chi connectivity index (χ1v) is 6.75. The van der Waals surface area contributed by atoms with Crippen LogP contribution in [0.4, 0.5) is 5.82 Å². The van der Waals surface area contributed by atoms with Crippen LogP contribution in [0.2, 0.25) is 0 Å². The Balaban J connectivity index is 1.69. The topological polar surface area (TPSA) is 76.1 Å². The zero-order chi connectivity index (χ0) is 14.9. The quantitative estimate of drug-likeness (QED) is 0.758. The van der Waals surface area contributed by atoms with Crippen LogP contribution in [0.1, 0.15) is 16.9 Å². The van der Waals surface area contributed by atoms with Gasteiger partial charge in [-0.25, -0.2) is 4.98 Å². The Labute approximate surface area is 123 Å². The minimum Gasteiger partial charge on any atom is -0.494 e. The van der Waals surface area contributed by atoms with Crippen LogP contribution in [0.5, 0.6) is 5.75 Å². The summed E-state index contributed by atoms with van der Waals surface area (Å²) in [6, 6.07) is 9.58. The molecule has 6 nitrogen and oxygen atoms in total. The van der Waals surface area contributed by atoms with Gasteiger partial charge in [-0.1, -0.05) is 18.2 Å². The van der Waals surface area contributed by atoms with Crippen LogP contribution in [0.25, 0.3) is 0 Å². The van der Waals surface area contributed by atoms with Gasteiger partial charge in [-0.3, -0.25) is 9.78 Å². The maximum atomic E-state index is 11.9. The van der Waals surface area contributed by atoms with Gasteiger partial charge in [-0.05, 0) is 18.6 Å². The molecule has 0 saturated heterocycles. The van der Waals surface area contributed by atoms with Gasteiger partial charge in [0.1, 0.15) is 17.3 Å². The van der Waals surface area contributed by atoms with Gasteiger partial charge in [0.05, 0.1) is 19.0 Å². The van der Waals surface area contributed by atoms with Crippen molar-refractivity contribution < 1.29 is 9.53 Å². The molecule has 1 aromatic carbocycles. The smallest absolute Gasteiger partial charge is 0.271 e. The fraction of sp³-hybridized carbons (Fsp3) is 0.267. The Morgan fingerprint density at radius 3 is 2.81 bits per heavy atom. The van der Waals surface area contributed by atoms with E-state index in [0.29, 0.717) is 24.7 Å². The molecule has 110 valence electrons. The third-order valence-electron chi connectivity index (χ3n) is 2.74. The average molecular weight is 286 g/mol. The molecule has 0 saturated carbocycles. The molecule has 0 unspecified atom stereocenters. The second kappa shape index (κ2) is 7.84. The standard InChI is InChI=1S/C15H18N4O2/c1-16-14-11-17-10-13(19-14)15(20)18-8-5-9-21-12-6-3-2-4-7-12/h2-4,6-7,10-11H,5,8-9H2,1H3,(H,16,19)(H,18,20). The Hall–Kier alpha value is -2.63. The molecule has 21 heavy (non-hydrogen) atoms. The largest absolute Gasteiger partial charge is 0.494 e. The van der Waals surface area contributed by atoms with Crippen LogP contribution < -0.4 is 15.4 Å². The number of benzene rings is 1. The molecule has 0 aliphatic heterocycles. The second-order valence-corrected chi connectivity index (χ2v) is 4.31. The third kappa shape index (κ3) is 4.76. The molecular weight excluding hydrogens is 268 g/mol. The lowest BCUT2D eigenvalue weighted by Crippen LogP contribution is -2.26. The van der Waals surface area contributed by atoms with Crippen molar-refractivity contribution in [3.8, 4) is 5.75 Å². The highest BCUT2D eigenvalue weighted by Gasteiger charge is 2.07. The first-order chi connectivity index (χ1) is 10.3. The van der Waals surface area contributed by atoms with Crippen molar-refractivity contribution in [3.05, 3.63) is 48.4 Å². The van der Waals surface area contributed by atoms with E-state index in [1.54, 1.807) is 13.2 Å². The summed E-state index contributed by atoms with van der Waals surface area (Å²) in [5.41, 5.74) is 0.297. The molecule has 0 aliphatic rings. The first kappa shape index (κ1) is 14.8. The van der Waals surface area contributed by atoms with Crippen molar-refractivity contribution in [1.82, 2.24) is 15.3 Å². The minimum absolute atomic E-state index is 0.237. The summed E-state index contributed by atoms with van der Waals surface area (Å²) in [6.45, 7) is 1.07. The highest BCUT2D eigenvalue weighted by molar-refractivity contribution is 5.92. The lowest BCUT2D eigenvalue weighted by atomic mass is 10.3. The van der Waals surface area contributed by atoms with Crippen molar-refractivity contribution >= 4 is 11.7 Å². The number of carbonyl (C=O) groups is 1. The summed E-state index contributed by atoms with van der Waals surface area (Å²) in [5.74, 6) is 1.16. The molecule has 2 rings (SSSR count). The van der Waals surface area contributed by atoms with Gasteiger partial charge in [0, 0.05) is 13.6 Å². The number of para-hydroxylation sites is 1. The molecule has 0 aliphatic carbocycles. The summed E-state index contributed by atoms with van der Waals surface area (Å²) in [4.78, 5) is 19.9. The SMILES string of the molecule is CNc1cncc(C(=O)NCCCOc2ccccc2)n1. The van der Waals surface area contributed by atoms with E-state index in [-0.39, 0.29) is 5.91 Å². The normalized spacial score (nSPS) is 9.95. The number of nitrogens with zero attached hydrogens (tertiary/aromatic N) is 2. The van der Waals surface area contributed by atoms with E-state index in [1.165, 1.54) is 6.20 Å². The monoisotopic (exact) mass is 286 g/mol. The summed E-state index contributed by atoms with van der Waals surface area (Å²) < 4.78 is 5.54. The van der Waals surface area contributed by atoms with E-state index in [2.05, 4.69) is 20.6 Å². The Morgan fingerprint density at radius 1 is 1.24 bits per heavy atom. The van der Waals surface area contributed by atoms with Gasteiger partial charge < -0.3 is 15.4 Å². The summed E-state index contributed by atoms with van der Waals surface area (Å²) >= 11 is 0. The molecule has 1 heterocycles. The van der Waals surface area contributed by atoms with Crippen LogP contribution in [0.15, 0.2) is 42.7 Å². The average Bonchev–Trinajstić information content (AvgIpc) is 2.55. The van der Waals surface area contributed by atoms with Crippen LogP contribution in [-0.2, 0) is 0 Å². The van der Waals surface area contributed by atoms with Crippen LogP contribution in [-0.4, -0.2) is 36.1 Å². The molecule has 2 N–H and O–H groups in total. The first-order valence-electron chi connectivity index (χ1n) is 6.75. The number of amides is 1. The number of rotatable bonds is 7. The highest BCUT2D eigenvalue weighted by Crippen LogP contribution is 2.08. The molecule has 2 aromatic rings. The molecule has 1 aromatic heterocycles. The van der Waals surface area contributed by atoms with Gasteiger partial charge in [0.2, 0.25) is 0 Å². The number of aromatic nitrogens is 2. The zero-order valence-corrected chi connectivity index (χ0v) is 11.9. The molecule has 1 amide bonds. The predicted octanol–water partition coefficient (Wildman–Crippen LogP) is 1.72. The van der Waals surface area contributed by atoms with Crippen molar-refractivity contribution in [2.24, 2.45) is 0 Å². The van der Waals surface area contributed by atoms with Crippen molar-refractivity contribution in [1.29, 1.82) is 0 Å². The van der Waals surface area contributed by atoms with E-state index in [9.17, 15) is 4.79 Å². The second-order valence-electron chi connectivity index (χ2n) is 4.31. The minimum atomic E-state index is -0.237. The molecular formula is C15H18N4O2. The lowest BCUT2D eigenvalue weighted by molar-refractivity contribution is 0.0946. The van der Waals surface area contributed by atoms with Crippen molar-refractivity contribution in [2.45, 2.75) is 6.42 Å². The molecule has 6 heteroatoms. The van der Waals surface area contributed by atoms with Crippen LogP contribution in [0.3, 0.4) is 0 Å². The summed E-state index contributed by atoms with van der Waals surface area (Å²) in [7, 11) is 1.73. The van der Waals surface area contributed by atoms with Crippen molar-refractivity contribution in [3.63, 3.8) is 0 Å². The molecule has 0 bridgehead atoms. The van der Waals surface area contributed by atoms with Crippen LogP contribution >= 0.6 is 0 Å². The van der Waals surface area contributed by atoms with Gasteiger partial charge in [0.25, 0.3) is 5.91 Å². The zero-order valence-electron chi connectivity index (χ0n) is 11.9. The maximum absolute atomic E-state index is 11.9. The van der Waals surface area contributed by atoms with Gasteiger partial charge in [-0.2, -0.15) is 0 Å². The fourth-order valence-corrected chi connectivity index (χ4v) is 1.67. The highest BCUT2D eigenvalue weighted by atomic mass is 16.5. The summed E-state index contributed by atoms with van der Waals surface area (Å²) in [6.07, 6.45) is 3.72. The number of nitrogens with one attached hydrogen (secondary N) is 2. The van der Waals surface area contributed by atoms with Gasteiger partial charge in [-0.15, -0.1) is 0 Å². The van der Waals surface area contributed by atoms with Gasteiger partial charge >= 0.3 is 0 Å². The van der Waals surface area contributed by atoms with E-state index < -0.39 is 0 Å². The van der Waals surface area contributed by atoms with E-state index in [1.807, 2.05) is 30.3 Å². The Morgan fingerprint density at radius 2 is 2.05 bits per heavy atom. The third-order valence-corrected chi connectivity index (χ3v) is 2.74.